The van der Waals surface area contributed by atoms with Crippen molar-refractivity contribution < 1.29 is 9.90 Å². The average Bonchev–Trinajstić information content (AvgIpc) is 2.38. The van der Waals surface area contributed by atoms with Crippen LogP contribution in [0.25, 0.3) is 0 Å². The van der Waals surface area contributed by atoms with Crippen molar-refractivity contribution >= 4 is 17.6 Å². The summed E-state index contributed by atoms with van der Waals surface area (Å²) in [7, 11) is 0. The van der Waals surface area contributed by atoms with Gasteiger partial charge < -0.3 is 5.11 Å². The van der Waals surface area contributed by atoms with Gasteiger partial charge in [0.25, 0.3) is 0 Å². The summed E-state index contributed by atoms with van der Waals surface area (Å²) in [6.07, 6.45) is 1.66. The fourth-order valence-electron chi connectivity index (χ4n) is 0.897. The number of carboxylic acid groups (broad SMARTS) is 1. The highest BCUT2D eigenvalue weighted by Crippen LogP contribution is 2.14. The number of nitrogens with zero attached hydrogens (tertiary/aromatic N) is 3. The standard InChI is InChI=1S/C6H8ClN3O2/c1-2-4(5(11)12)10-6(7)8-3-9-10/h3-4H,2H2,1H3,(H,11,12). The lowest BCUT2D eigenvalue weighted by atomic mass is 10.2. The highest BCUT2D eigenvalue weighted by molar-refractivity contribution is 6.28. The molecule has 0 bridgehead atoms. The Morgan fingerprint density at radius 1 is 1.92 bits per heavy atom. The summed E-state index contributed by atoms with van der Waals surface area (Å²) < 4.78 is 1.18. The Kier molecular flexibility index (Phi) is 2.65. The van der Waals surface area contributed by atoms with Crippen LogP contribution >= 0.6 is 11.6 Å². The smallest absolute Gasteiger partial charge is 0.328 e. The van der Waals surface area contributed by atoms with Gasteiger partial charge in [0.05, 0.1) is 0 Å². The number of hydrogen-bond donors (Lipinski definition) is 1. The van der Waals surface area contributed by atoms with Crippen molar-refractivity contribution in [1.29, 1.82) is 0 Å². The van der Waals surface area contributed by atoms with Crippen molar-refractivity contribution in [2.45, 2.75) is 19.4 Å². The Bertz CT molecular complexity index is 286. The van der Waals surface area contributed by atoms with Crippen LogP contribution in [0.1, 0.15) is 19.4 Å². The van der Waals surface area contributed by atoms with Gasteiger partial charge in [0, 0.05) is 0 Å². The fraction of sp³-hybridized carbons (Fsp3) is 0.500. The normalized spacial score (nSPS) is 12.8. The van der Waals surface area contributed by atoms with Gasteiger partial charge in [-0.15, -0.1) is 0 Å². The lowest BCUT2D eigenvalue weighted by Gasteiger charge is -2.09. The number of carbonyl (C=O) groups is 1. The Labute approximate surface area is 74.0 Å². The molecule has 6 heteroatoms. The first kappa shape index (κ1) is 8.99. The van der Waals surface area contributed by atoms with Crippen LogP contribution in [0.2, 0.25) is 5.28 Å². The molecule has 1 unspecified atom stereocenters. The van der Waals surface area contributed by atoms with Gasteiger partial charge in [-0.05, 0) is 18.0 Å². The van der Waals surface area contributed by atoms with Gasteiger partial charge in [0.2, 0.25) is 5.28 Å². The molecule has 1 aromatic heterocycles. The molecule has 1 heterocycles. The molecule has 0 fully saturated rings. The number of carboxylic acids is 1. The van der Waals surface area contributed by atoms with E-state index < -0.39 is 12.0 Å². The minimum absolute atomic E-state index is 0.101. The average molecular weight is 190 g/mol. The SMILES string of the molecule is CCC(C(=O)O)n1ncnc1Cl. The van der Waals surface area contributed by atoms with Crippen LogP contribution in [-0.2, 0) is 4.79 Å². The maximum absolute atomic E-state index is 10.6. The van der Waals surface area contributed by atoms with E-state index in [1.807, 2.05) is 0 Å². The Hall–Kier alpha value is -1.10. The van der Waals surface area contributed by atoms with Crippen molar-refractivity contribution in [2.24, 2.45) is 0 Å². The molecule has 0 amide bonds. The van der Waals surface area contributed by atoms with E-state index in [4.69, 9.17) is 16.7 Å². The zero-order valence-electron chi connectivity index (χ0n) is 6.44. The molecule has 0 saturated carbocycles. The molecule has 1 aromatic rings. The summed E-state index contributed by atoms with van der Waals surface area (Å²) >= 11 is 5.58. The van der Waals surface area contributed by atoms with Crippen molar-refractivity contribution in [3.05, 3.63) is 11.6 Å². The topological polar surface area (TPSA) is 68.0 Å². The van der Waals surface area contributed by atoms with Crippen molar-refractivity contribution in [3.8, 4) is 0 Å². The Balaban J connectivity index is 2.94. The summed E-state index contributed by atoms with van der Waals surface area (Å²) in [5.74, 6) is -0.954. The maximum Gasteiger partial charge on any atom is 0.328 e. The van der Waals surface area contributed by atoms with Crippen LogP contribution in [0.4, 0.5) is 0 Å². The van der Waals surface area contributed by atoms with Gasteiger partial charge in [-0.25, -0.2) is 14.5 Å². The summed E-state index contributed by atoms with van der Waals surface area (Å²) in [6.45, 7) is 1.75. The van der Waals surface area contributed by atoms with E-state index in [9.17, 15) is 4.79 Å². The van der Waals surface area contributed by atoms with Crippen LogP contribution in [0, 0.1) is 0 Å². The Morgan fingerprint density at radius 3 is 2.92 bits per heavy atom. The second-order valence-corrected chi connectivity index (χ2v) is 2.57. The van der Waals surface area contributed by atoms with Gasteiger partial charge in [0.15, 0.2) is 6.04 Å². The first-order chi connectivity index (χ1) is 5.66. The molecule has 0 aromatic carbocycles. The molecule has 12 heavy (non-hydrogen) atoms. The predicted octanol–water partition coefficient (Wildman–Crippen LogP) is 0.967. The molecule has 5 nitrogen and oxygen atoms in total. The zero-order valence-corrected chi connectivity index (χ0v) is 7.19. The summed E-state index contributed by atoms with van der Waals surface area (Å²) in [4.78, 5) is 14.3. The lowest BCUT2D eigenvalue weighted by molar-refractivity contribution is -0.141. The molecule has 1 rings (SSSR count). The number of aliphatic carboxylic acids is 1. The molecule has 0 aliphatic carbocycles. The molecule has 66 valence electrons. The van der Waals surface area contributed by atoms with Crippen molar-refractivity contribution in [3.63, 3.8) is 0 Å². The minimum atomic E-state index is -0.954. The number of aromatic nitrogens is 3. The second kappa shape index (κ2) is 3.53. The summed E-state index contributed by atoms with van der Waals surface area (Å²) in [5.41, 5.74) is 0. The summed E-state index contributed by atoms with van der Waals surface area (Å²) in [6, 6.07) is -0.722. The van der Waals surface area contributed by atoms with Crippen LogP contribution < -0.4 is 0 Å². The van der Waals surface area contributed by atoms with E-state index in [0.29, 0.717) is 6.42 Å². The third-order valence-corrected chi connectivity index (χ3v) is 1.77. The third kappa shape index (κ3) is 1.55. The zero-order chi connectivity index (χ0) is 9.14. The lowest BCUT2D eigenvalue weighted by Crippen LogP contribution is -2.19. The predicted molar refractivity (Wildman–Crippen MR) is 42.0 cm³/mol. The van der Waals surface area contributed by atoms with Crippen LogP contribution in [-0.4, -0.2) is 25.8 Å². The van der Waals surface area contributed by atoms with Crippen molar-refractivity contribution in [2.75, 3.05) is 0 Å². The van der Waals surface area contributed by atoms with E-state index in [2.05, 4.69) is 10.1 Å². The number of rotatable bonds is 3. The van der Waals surface area contributed by atoms with E-state index in [1.54, 1.807) is 6.92 Å². The van der Waals surface area contributed by atoms with Crippen molar-refractivity contribution in [1.82, 2.24) is 14.8 Å². The first-order valence-electron chi connectivity index (χ1n) is 3.44. The molecular weight excluding hydrogens is 182 g/mol. The van der Waals surface area contributed by atoms with Gasteiger partial charge in [-0.2, -0.15) is 5.10 Å². The number of halogens is 1. The highest BCUT2D eigenvalue weighted by Gasteiger charge is 2.20. The van der Waals surface area contributed by atoms with E-state index in [0.717, 1.165) is 0 Å². The molecule has 0 aliphatic rings. The van der Waals surface area contributed by atoms with E-state index >= 15 is 0 Å². The summed E-state index contributed by atoms with van der Waals surface area (Å²) in [5, 5.41) is 12.5. The van der Waals surface area contributed by atoms with Gasteiger partial charge in [-0.1, -0.05) is 6.92 Å². The van der Waals surface area contributed by atoms with Gasteiger partial charge in [-0.3, -0.25) is 0 Å². The monoisotopic (exact) mass is 189 g/mol. The van der Waals surface area contributed by atoms with Gasteiger partial charge in [0.1, 0.15) is 6.33 Å². The minimum Gasteiger partial charge on any atom is -0.480 e. The molecular formula is C6H8ClN3O2. The second-order valence-electron chi connectivity index (χ2n) is 2.24. The highest BCUT2D eigenvalue weighted by atomic mass is 35.5. The Morgan fingerprint density at radius 2 is 2.58 bits per heavy atom. The molecule has 0 aliphatic heterocycles. The molecule has 0 radical (unpaired) electrons. The van der Waals surface area contributed by atoms with Gasteiger partial charge >= 0.3 is 5.97 Å². The molecule has 0 saturated heterocycles. The quantitative estimate of drug-likeness (QED) is 0.769. The van der Waals surface area contributed by atoms with Crippen LogP contribution in [0.15, 0.2) is 6.33 Å². The first-order valence-corrected chi connectivity index (χ1v) is 3.82. The maximum atomic E-state index is 10.6. The largest absolute Gasteiger partial charge is 0.480 e. The fourth-order valence-corrected chi connectivity index (χ4v) is 1.10. The molecule has 0 spiro atoms. The van der Waals surface area contributed by atoms with Crippen LogP contribution in [0.3, 0.4) is 0 Å². The molecule has 1 atom stereocenters. The van der Waals surface area contributed by atoms with E-state index in [1.165, 1.54) is 11.0 Å². The number of hydrogen-bond acceptors (Lipinski definition) is 3. The van der Waals surface area contributed by atoms with E-state index in [-0.39, 0.29) is 5.28 Å². The molecule has 1 N–H and O–H groups in total. The third-order valence-electron chi connectivity index (χ3n) is 1.50. The van der Waals surface area contributed by atoms with Crippen LogP contribution in [0.5, 0.6) is 0 Å².